The Balaban J connectivity index is 1.26. The number of nitrogens with zero attached hydrogens (tertiary/aromatic N) is 2. The Morgan fingerprint density at radius 3 is 2.30 bits per heavy atom. The quantitative estimate of drug-likeness (QED) is 0.436. The van der Waals surface area contributed by atoms with Crippen LogP contribution >= 0.6 is 0 Å². The van der Waals surface area contributed by atoms with Crippen LogP contribution in [-0.4, -0.2) is 52.4 Å². The Morgan fingerprint density at radius 2 is 1.58 bits per heavy atom. The number of fused-ring (bicyclic) bond motifs is 3. The van der Waals surface area contributed by atoms with Crippen LogP contribution < -0.4 is 0 Å². The third-order valence-electron chi connectivity index (χ3n) is 6.51. The zero-order chi connectivity index (χ0) is 22.4. The van der Waals surface area contributed by atoms with Gasteiger partial charge in [-0.2, -0.15) is 5.10 Å². The summed E-state index contributed by atoms with van der Waals surface area (Å²) in [6, 6.07) is 21.5. The minimum absolute atomic E-state index is 0.0693. The van der Waals surface area contributed by atoms with E-state index in [-0.39, 0.29) is 11.7 Å². The van der Waals surface area contributed by atoms with E-state index < -0.39 is 0 Å². The zero-order valence-corrected chi connectivity index (χ0v) is 18.0. The molecule has 4 aromatic rings. The van der Waals surface area contributed by atoms with Crippen LogP contribution in [0.2, 0.25) is 0 Å². The standard InChI is InChI=1S/C27H23N3O3/c31-22-8-5-18(6-9-22)17-1-3-19(4-2-17)25-24-16-21-15-20(7-10-23(21)26(24)29-28-25)27(32)30-11-13-33-14-12-30/h1-10,15,31H,11-14,16H2,(H,28,29). The molecule has 0 spiro atoms. The first kappa shape index (κ1) is 19.8. The van der Waals surface area contributed by atoms with E-state index in [2.05, 4.69) is 34.5 Å². The number of morpholine rings is 1. The van der Waals surface area contributed by atoms with Crippen molar-refractivity contribution in [1.82, 2.24) is 15.1 Å². The van der Waals surface area contributed by atoms with Crippen molar-refractivity contribution in [3.05, 3.63) is 83.4 Å². The van der Waals surface area contributed by atoms with Crippen molar-refractivity contribution in [2.45, 2.75) is 6.42 Å². The first-order valence-corrected chi connectivity index (χ1v) is 11.1. The molecular weight excluding hydrogens is 414 g/mol. The minimum atomic E-state index is 0.0693. The van der Waals surface area contributed by atoms with Gasteiger partial charge in [0.15, 0.2) is 0 Å². The molecule has 3 aromatic carbocycles. The van der Waals surface area contributed by atoms with Gasteiger partial charge in [0.2, 0.25) is 0 Å². The van der Waals surface area contributed by atoms with Crippen molar-refractivity contribution < 1.29 is 14.6 Å². The molecule has 1 aliphatic heterocycles. The summed E-state index contributed by atoms with van der Waals surface area (Å²) < 4.78 is 5.37. The predicted octanol–water partition coefficient (Wildman–Crippen LogP) is 4.49. The number of amides is 1. The number of nitrogens with one attached hydrogen (secondary N) is 1. The number of aromatic amines is 1. The van der Waals surface area contributed by atoms with Crippen molar-refractivity contribution in [2.75, 3.05) is 26.3 Å². The molecule has 1 saturated heterocycles. The van der Waals surface area contributed by atoms with Crippen LogP contribution in [0.4, 0.5) is 0 Å². The van der Waals surface area contributed by atoms with Gasteiger partial charge in [0.05, 0.1) is 24.6 Å². The lowest BCUT2D eigenvalue weighted by Gasteiger charge is -2.27. The Morgan fingerprint density at radius 1 is 0.909 bits per heavy atom. The monoisotopic (exact) mass is 437 g/mol. The largest absolute Gasteiger partial charge is 0.508 e. The molecule has 33 heavy (non-hydrogen) atoms. The fraction of sp³-hybridized carbons (Fsp3) is 0.185. The third kappa shape index (κ3) is 3.49. The summed E-state index contributed by atoms with van der Waals surface area (Å²) in [5.74, 6) is 0.330. The molecule has 6 nitrogen and oxygen atoms in total. The van der Waals surface area contributed by atoms with Gasteiger partial charge in [0, 0.05) is 41.8 Å². The molecule has 1 amide bonds. The van der Waals surface area contributed by atoms with E-state index in [0.717, 1.165) is 51.2 Å². The van der Waals surface area contributed by atoms with Gasteiger partial charge in [-0.3, -0.25) is 9.89 Å². The third-order valence-corrected chi connectivity index (χ3v) is 6.51. The van der Waals surface area contributed by atoms with Crippen molar-refractivity contribution in [3.8, 4) is 39.4 Å². The molecule has 1 aliphatic carbocycles. The molecule has 2 heterocycles. The molecule has 0 atom stereocenters. The first-order chi connectivity index (χ1) is 16.2. The highest BCUT2D eigenvalue weighted by atomic mass is 16.5. The zero-order valence-electron chi connectivity index (χ0n) is 18.0. The number of aromatic hydroxyl groups is 1. The lowest BCUT2D eigenvalue weighted by atomic mass is 10.0. The first-order valence-electron chi connectivity index (χ1n) is 11.1. The molecule has 0 bridgehead atoms. The summed E-state index contributed by atoms with van der Waals surface area (Å²) in [6.45, 7) is 2.48. The Hall–Kier alpha value is -3.90. The second-order valence-corrected chi connectivity index (χ2v) is 8.50. The van der Waals surface area contributed by atoms with Gasteiger partial charge in [0.25, 0.3) is 5.91 Å². The molecule has 2 N–H and O–H groups in total. The van der Waals surface area contributed by atoms with E-state index in [9.17, 15) is 9.90 Å². The Kier molecular flexibility index (Phi) is 4.73. The number of benzene rings is 3. The molecule has 1 aromatic heterocycles. The van der Waals surface area contributed by atoms with E-state index in [4.69, 9.17) is 4.74 Å². The average molecular weight is 437 g/mol. The molecule has 6 rings (SSSR count). The minimum Gasteiger partial charge on any atom is -0.508 e. The van der Waals surface area contributed by atoms with E-state index in [0.29, 0.717) is 26.3 Å². The van der Waals surface area contributed by atoms with E-state index in [1.807, 2.05) is 35.2 Å². The van der Waals surface area contributed by atoms with Gasteiger partial charge in [-0.05, 0) is 41.0 Å². The van der Waals surface area contributed by atoms with Crippen LogP contribution in [0.5, 0.6) is 5.75 Å². The second kappa shape index (κ2) is 7.90. The van der Waals surface area contributed by atoms with E-state index in [1.54, 1.807) is 12.1 Å². The fourth-order valence-electron chi connectivity index (χ4n) is 4.73. The maximum absolute atomic E-state index is 12.9. The number of hydrogen-bond acceptors (Lipinski definition) is 4. The number of rotatable bonds is 3. The van der Waals surface area contributed by atoms with Crippen LogP contribution in [0.15, 0.2) is 66.7 Å². The van der Waals surface area contributed by atoms with Crippen LogP contribution in [0.3, 0.4) is 0 Å². The Labute approximate surface area is 191 Å². The topological polar surface area (TPSA) is 78.4 Å². The maximum Gasteiger partial charge on any atom is 0.254 e. The van der Waals surface area contributed by atoms with Gasteiger partial charge in [-0.1, -0.05) is 42.5 Å². The summed E-state index contributed by atoms with van der Waals surface area (Å²) in [4.78, 5) is 14.8. The Bertz CT molecular complexity index is 1330. The normalized spacial score (nSPS) is 14.7. The number of phenols is 1. The van der Waals surface area contributed by atoms with Gasteiger partial charge < -0.3 is 14.7 Å². The molecule has 2 aliphatic rings. The molecule has 0 saturated carbocycles. The number of carbonyl (C=O) groups excluding carboxylic acids is 1. The lowest BCUT2D eigenvalue weighted by Crippen LogP contribution is -2.40. The highest BCUT2D eigenvalue weighted by molar-refractivity contribution is 5.96. The molecule has 164 valence electrons. The number of phenolic OH excluding ortho intramolecular Hbond substituents is 1. The van der Waals surface area contributed by atoms with Crippen molar-refractivity contribution in [1.29, 1.82) is 0 Å². The number of aromatic nitrogens is 2. The lowest BCUT2D eigenvalue weighted by molar-refractivity contribution is 0.0303. The molecule has 1 fully saturated rings. The molecule has 0 unspecified atom stereocenters. The number of H-pyrrole nitrogens is 1. The molecule has 0 radical (unpaired) electrons. The van der Waals surface area contributed by atoms with Crippen molar-refractivity contribution in [2.24, 2.45) is 0 Å². The summed E-state index contributed by atoms with van der Waals surface area (Å²) in [5, 5.41) is 17.3. The fourth-order valence-corrected chi connectivity index (χ4v) is 4.73. The predicted molar refractivity (Wildman–Crippen MR) is 126 cm³/mol. The van der Waals surface area contributed by atoms with Gasteiger partial charge in [0.1, 0.15) is 5.75 Å². The number of hydrogen-bond donors (Lipinski definition) is 2. The molecule has 6 heteroatoms. The van der Waals surface area contributed by atoms with Gasteiger partial charge in [-0.25, -0.2) is 0 Å². The highest BCUT2D eigenvalue weighted by Crippen LogP contribution is 2.40. The van der Waals surface area contributed by atoms with Crippen molar-refractivity contribution in [3.63, 3.8) is 0 Å². The molecular formula is C27H23N3O3. The second-order valence-electron chi connectivity index (χ2n) is 8.50. The maximum atomic E-state index is 12.9. The average Bonchev–Trinajstić information content (AvgIpc) is 3.43. The summed E-state index contributed by atoms with van der Waals surface area (Å²) in [5.41, 5.74) is 9.33. The SMILES string of the molecule is O=C(c1ccc2c(c1)Cc1c(-c3ccc(-c4ccc(O)cc4)cc3)n[nH]c1-2)N1CCOCC1. The van der Waals surface area contributed by atoms with Gasteiger partial charge >= 0.3 is 0 Å². The highest BCUT2D eigenvalue weighted by Gasteiger charge is 2.27. The van der Waals surface area contributed by atoms with Gasteiger partial charge in [-0.15, -0.1) is 0 Å². The van der Waals surface area contributed by atoms with Crippen LogP contribution in [-0.2, 0) is 11.2 Å². The number of carbonyl (C=O) groups is 1. The van der Waals surface area contributed by atoms with E-state index in [1.165, 1.54) is 5.56 Å². The van der Waals surface area contributed by atoms with Crippen LogP contribution in [0.1, 0.15) is 21.5 Å². The summed E-state index contributed by atoms with van der Waals surface area (Å²) in [6.07, 6.45) is 0.750. The van der Waals surface area contributed by atoms with Crippen LogP contribution in [0.25, 0.3) is 33.6 Å². The summed E-state index contributed by atoms with van der Waals surface area (Å²) >= 11 is 0. The van der Waals surface area contributed by atoms with E-state index >= 15 is 0 Å². The number of ether oxygens (including phenoxy) is 1. The summed E-state index contributed by atoms with van der Waals surface area (Å²) in [7, 11) is 0. The smallest absolute Gasteiger partial charge is 0.254 e. The van der Waals surface area contributed by atoms with Crippen LogP contribution in [0, 0.1) is 0 Å². The van der Waals surface area contributed by atoms with Crippen molar-refractivity contribution >= 4 is 5.91 Å².